The Morgan fingerprint density at radius 1 is 1.46 bits per heavy atom. The van der Waals surface area contributed by atoms with Crippen molar-refractivity contribution in [3.63, 3.8) is 0 Å². The lowest BCUT2D eigenvalue weighted by Gasteiger charge is -2.37. The van der Waals surface area contributed by atoms with Gasteiger partial charge in [-0.3, -0.25) is 0 Å². The SMILES string of the molecule is Cc1ccc(Br)c(C2(O)COC2)c1. The van der Waals surface area contributed by atoms with E-state index in [9.17, 15) is 5.11 Å². The summed E-state index contributed by atoms with van der Waals surface area (Å²) in [6.45, 7) is 2.81. The van der Waals surface area contributed by atoms with Gasteiger partial charge in [0.15, 0.2) is 0 Å². The molecule has 2 nitrogen and oxygen atoms in total. The minimum absolute atomic E-state index is 0.398. The molecule has 1 aromatic carbocycles. The third-order valence-electron chi connectivity index (χ3n) is 2.30. The fourth-order valence-electron chi connectivity index (χ4n) is 1.45. The average molecular weight is 243 g/mol. The second kappa shape index (κ2) is 3.08. The zero-order valence-corrected chi connectivity index (χ0v) is 8.97. The van der Waals surface area contributed by atoms with E-state index in [4.69, 9.17) is 4.74 Å². The molecule has 0 unspecified atom stereocenters. The minimum Gasteiger partial charge on any atom is -0.380 e. The van der Waals surface area contributed by atoms with Gasteiger partial charge in [-0.2, -0.15) is 0 Å². The van der Waals surface area contributed by atoms with Crippen LogP contribution >= 0.6 is 15.9 Å². The second-order valence-electron chi connectivity index (χ2n) is 3.51. The van der Waals surface area contributed by atoms with Crippen molar-refractivity contribution in [2.24, 2.45) is 0 Å². The maximum absolute atomic E-state index is 10.0. The van der Waals surface area contributed by atoms with Crippen molar-refractivity contribution in [1.82, 2.24) is 0 Å². The minimum atomic E-state index is -0.773. The van der Waals surface area contributed by atoms with Gasteiger partial charge in [0, 0.05) is 10.0 Å². The predicted molar refractivity (Wildman–Crippen MR) is 53.6 cm³/mol. The van der Waals surface area contributed by atoms with E-state index < -0.39 is 5.60 Å². The smallest absolute Gasteiger partial charge is 0.137 e. The van der Waals surface area contributed by atoms with Crippen molar-refractivity contribution in [3.05, 3.63) is 33.8 Å². The first-order valence-electron chi connectivity index (χ1n) is 4.19. The molecular weight excluding hydrogens is 232 g/mol. The molecule has 0 radical (unpaired) electrons. The van der Waals surface area contributed by atoms with Gasteiger partial charge in [0.2, 0.25) is 0 Å². The van der Waals surface area contributed by atoms with Crippen molar-refractivity contribution in [2.75, 3.05) is 13.2 Å². The molecule has 0 saturated carbocycles. The monoisotopic (exact) mass is 242 g/mol. The van der Waals surface area contributed by atoms with Gasteiger partial charge in [-0.05, 0) is 13.0 Å². The van der Waals surface area contributed by atoms with Crippen LogP contribution in [0.2, 0.25) is 0 Å². The summed E-state index contributed by atoms with van der Waals surface area (Å²) in [5, 5.41) is 10.0. The fourth-order valence-corrected chi connectivity index (χ4v) is 2.06. The maximum atomic E-state index is 10.0. The third kappa shape index (κ3) is 1.52. The highest BCUT2D eigenvalue weighted by Crippen LogP contribution is 2.34. The molecule has 1 aliphatic heterocycles. The fraction of sp³-hybridized carbons (Fsp3) is 0.400. The Labute approximate surface area is 85.7 Å². The standard InChI is InChI=1S/C10H11BrO2/c1-7-2-3-9(11)8(4-7)10(12)5-13-6-10/h2-4,12H,5-6H2,1H3. The van der Waals surface area contributed by atoms with Gasteiger partial charge >= 0.3 is 0 Å². The number of halogens is 1. The summed E-state index contributed by atoms with van der Waals surface area (Å²) >= 11 is 3.43. The highest BCUT2D eigenvalue weighted by molar-refractivity contribution is 9.10. The van der Waals surface area contributed by atoms with E-state index in [0.717, 1.165) is 15.6 Å². The quantitative estimate of drug-likeness (QED) is 0.817. The summed E-state index contributed by atoms with van der Waals surface area (Å²) in [6, 6.07) is 5.96. The first-order chi connectivity index (χ1) is 6.12. The van der Waals surface area contributed by atoms with Gasteiger partial charge in [-0.15, -0.1) is 0 Å². The van der Waals surface area contributed by atoms with Gasteiger partial charge in [0.1, 0.15) is 5.60 Å². The van der Waals surface area contributed by atoms with E-state index in [0.29, 0.717) is 13.2 Å². The first-order valence-corrected chi connectivity index (χ1v) is 4.98. The number of hydrogen-bond donors (Lipinski definition) is 1. The Kier molecular flexibility index (Phi) is 2.18. The Bertz CT molecular complexity index is 332. The molecule has 13 heavy (non-hydrogen) atoms. The molecule has 0 atom stereocenters. The van der Waals surface area contributed by atoms with Crippen LogP contribution in [0, 0.1) is 6.92 Å². The number of hydrogen-bond acceptors (Lipinski definition) is 2. The molecule has 1 heterocycles. The van der Waals surface area contributed by atoms with E-state index in [1.54, 1.807) is 0 Å². The highest BCUT2D eigenvalue weighted by atomic mass is 79.9. The van der Waals surface area contributed by atoms with Crippen LogP contribution in [-0.4, -0.2) is 18.3 Å². The van der Waals surface area contributed by atoms with Crippen LogP contribution < -0.4 is 0 Å². The summed E-state index contributed by atoms with van der Waals surface area (Å²) in [5.41, 5.74) is 1.31. The number of aliphatic hydroxyl groups is 1. The largest absolute Gasteiger partial charge is 0.380 e. The molecular formula is C10H11BrO2. The van der Waals surface area contributed by atoms with E-state index in [1.807, 2.05) is 25.1 Å². The molecule has 1 aromatic rings. The predicted octanol–water partition coefficient (Wildman–Crippen LogP) is 1.98. The van der Waals surface area contributed by atoms with E-state index in [-0.39, 0.29) is 0 Å². The topological polar surface area (TPSA) is 29.5 Å². The maximum Gasteiger partial charge on any atom is 0.137 e. The van der Waals surface area contributed by atoms with Crippen molar-refractivity contribution >= 4 is 15.9 Å². The lowest BCUT2D eigenvalue weighted by atomic mass is 9.91. The highest BCUT2D eigenvalue weighted by Gasteiger charge is 2.39. The Balaban J connectivity index is 2.43. The summed E-state index contributed by atoms with van der Waals surface area (Å²) in [5.74, 6) is 0. The average Bonchev–Trinajstić information content (AvgIpc) is 2.05. The van der Waals surface area contributed by atoms with Crippen LogP contribution in [0.15, 0.2) is 22.7 Å². The molecule has 0 spiro atoms. The Hall–Kier alpha value is -0.380. The van der Waals surface area contributed by atoms with E-state index in [1.165, 1.54) is 0 Å². The van der Waals surface area contributed by atoms with E-state index in [2.05, 4.69) is 15.9 Å². The van der Waals surface area contributed by atoms with Gasteiger partial charge < -0.3 is 9.84 Å². The van der Waals surface area contributed by atoms with Crippen LogP contribution in [0.1, 0.15) is 11.1 Å². The van der Waals surface area contributed by atoms with Crippen LogP contribution in [0.25, 0.3) is 0 Å². The molecule has 1 N–H and O–H groups in total. The molecule has 1 saturated heterocycles. The molecule has 70 valence electrons. The van der Waals surface area contributed by atoms with Crippen LogP contribution in [0.4, 0.5) is 0 Å². The molecule has 3 heteroatoms. The normalized spacial score (nSPS) is 19.6. The Morgan fingerprint density at radius 3 is 2.69 bits per heavy atom. The van der Waals surface area contributed by atoms with Crippen LogP contribution in [0.5, 0.6) is 0 Å². The van der Waals surface area contributed by atoms with Crippen molar-refractivity contribution in [1.29, 1.82) is 0 Å². The number of aryl methyl sites for hydroxylation is 1. The lowest BCUT2D eigenvalue weighted by Crippen LogP contribution is -2.46. The number of benzene rings is 1. The van der Waals surface area contributed by atoms with Crippen LogP contribution in [0.3, 0.4) is 0 Å². The summed E-state index contributed by atoms with van der Waals surface area (Å²) in [4.78, 5) is 0. The van der Waals surface area contributed by atoms with Crippen molar-refractivity contribution in [3.8, 4) is 0 Å². The molecule has 0 aliphatic carbocycles. The molecule has 0 aromatic heterocycles. The molecule has 1 aliphatic rings. The van der Waals surface area contributed by atoms with Gasteiger partial charge in [-0.1, -0.05) is 33.6 Å². The van der Waals surface area contributed by atoms with E-state index >= 15 is 0 Å². The van der Waals surface area contributed by atoms with Crippen molar-refractivity contribution in [2.45, 2.75) is 12.5 Å². The first kappa shape index (κ1) is 9.19. The molecule has 0 amide bonds. The van der Waals surface area contributed by atoms with Gasteiger partial charge in [-0.25, -0.2) is 0 Å². The lowest BCUT2D eigenvalue weighted by molar-refractivity contribution is -0.185. The van der Waals surface area contributed by atoms with Gasteiger partial charge in [0.05, 0.1) is 13.2 Å². The summed E-state index contributed by atoms with van der Waals surface area (Å²) in [7, 11) is 0. The molecule has 1 fully saturated rings. The zero-order valence-electron chi connectivity index (χ0n) is 7.38. The number of rotatable bonds is 1. The second-order valence-corrected chi connectivity index (χ2v) is 4.36. The molecule has 2 rings (SSSR count). The summed E-state index contributed by atoms with van der Waals surface area (Å²) in [6.07, 6.45) is 0. The third-order valence-corrected chi connectivity index (χ3v) is 3.00. The van der Waals surface area contributed by atoms with Crippen LogP contribution in [-0.2, 0) is 10.3 Å². The zero-order chi connectivity index (χ0) is 9.47. The summed E-state index contributed by atoms with van der Waals surface area (Å²) < 4.78 is 5.96. The number of ether oxygens (including phenoxy) is 1. The Morgan fingerprint density at radius 2 is 2.15 bits per heavy atom. The van der Waals surface area contributed by atoms with Gasteiger partial charge in [0.25, 0.3) is 0 Å². The molecule has 0 bridgehead atoms. The van der Waals surface area contributed by atoms with Crippen molar-refractivity contribution < 1.29 is 9.84 Å².